The Kier molecular flexibility index (Phi) is 13.3. The summed E-state index contributed by atoms with van der Waals surface area (Å²) in [6.07, 6.45) is -1.77. The third-order valence-corrected chi connectivity index (χ3v) is 2.16. The number of hydrogen-bond donors (Lipinski definition) is 5. The first kappa shape index (κ1) is 22.5. The van der Waals surface area contributed by atoms with Crippen molar-refractivity contribution in [1.29, 1.82) is 0 Å². The first-order valence-corrected chi connectivity index (χ1v) is 6.36. The Morgan fingerprint density at radius 1 is 0.909 bits per heavy atom. The zero-order chi connectivity index (χ0) is 17.6. The lowest BCUT2D eigenvalue weighted by Gasteiger charge is -2.25. The van der Waals surface area contributed by atoms with Gasteiger partial charge in [0.2, 0.25) is 0 Å². The lowest BCUT2D eigenvalue weighted by Crippen LogP contribution is -2.45. The Morgan fingerprint density at radius 2 is 1.32 bits per heavy atom. The van der Waals surface area contributed by atoms with Gasteiger partial charge in [-0.25, -0.2) is 4.79 Å². The van der Waals surface area contributed by atoms with Gasteiger partial charge in [0.25, 0.3) is 0 Å². The molecule has 10 heteroatoms. The van der Waals surface area contributed by atoms with Gasteiger partial charge in [-0.3, -0.25) is 9.59 Å². The average Bonchev–Trinajstić information content (AvgIpc) is 2.38. The largest absolute Gasteiger partial charge is 0.481 e. The van der Waals surface area contributed by atoms with Crippen LogP contribution in [0.4, 0.5) is 0 Å². The van der Waals surface area contributed by atoms with Gasteiger partial charge >= 0.3 is 17.9 Å². The molecular weight excluding hydrogens is 304 g/mol. The van der Waals surface area contributed by atoms with E-state index in [-0.39, 0.29) is 19.8 Å². The van der Waals surface area contributed by atoms with Crippen molar-refractivity contribution in [3.63, 3.8) is 0 Å². The number of carboxylic acid groups (broad SMARTS) is 3. The number of aliphatic hydroxyl groups is 2. The number of carbonyl (C=O) groups is 3. The molecule has 0 bridgehead atoms. The van der Waals surface area contributed by atoms with Crippen molar-refractivity contribution in [3.05, 3.63) is 0 Å². The van der Waals surface area contributed by atoms with Gasteiger partial charge in [0.1, 0.15) is 0 Å². The number of aliphatic hydroxyl groups excluding tert-OH is 2. The Hall–Kier alpha value is -1.75. The van der Waals surface area contributed by atoms with Crippen molar-refractivity contribution >= 4 is 17.9 Å². The highest BCUT2D eigenvalue weighted by atomic mass is 16.5. The van der Waals surface area contributed by atoms with Crippen LogP contribution >= 0.6 is 0 Å². The fourth-order valence-electron chi connectivity index (χ4n) is 1.37. The molecule has 0 saturated heterocycles. The summed E-state index contributed by atoms with van der Waals surface area (Å²) < 4.78 is 9.38. The van der Waals surface area contributed by atoms with Crippen LogP contribution in [0.1, 0.15) is 19.8 Å². The predicted octanol–water partition coefficient (Wildman–Crippen LogP) is -1.22. The van der Waals surface area contributed by atoms with Crippen LogP contribution in [-0.4, -0.2) is 82.1 Å². The van der Waals surface area contributed by atoms with Gasteiger partial charge in [-0.1, -0.05) is 0 Å². The van der Waals surface area contributed by atoms with E-state index in [2.05, 4.69) is 4.74 Å². The van der Waals surface area contributed by atoms with Gasteiger partial charge in [-0.05, 0) is 6.92 Å². The summed E-state index contributed by atoms with van der Waals surface area (Å²) in [7, 11) is 0. The molecule has 0 radical (unpaired) electrons. The predicted molar refractivity (Wildman–Crippen MR) is 71.5 cm³/mol. The molecule has 0 aromatic heterocycles. The zero-order valence-electron chi connectivity index (χ0n) is 12.2. The minimum atomic E-state index is -2.19. The molecule has 0 aliphatic rings. The molecule has 0 aromatic carbocycles. The monoisotopic (exact) mass is 326 g/mol. The summed E-state index contributed by atoms with van der Waals surface area (Å²) in [6, 6.07) is 0. The third-order valence-electron chi connectivity index (χ3n) is 2.16. The molecule has 0 aromatic rings. The Morgan fingerprint density at radius 3 is 1.55 bits per heavy atom. The van der Waals surface area contributed by atoms with E-state index in [0.29, 0.717) is 13.2 Å². The fourth-order valence-corrected chi connectivity index (χ4v) is 1.37. The van der Waals surface area contributed by atoms with Crippen molar-refractivity contribution < 1.29 is 49.4 Å². The van der Waals surface area contributed by atoms with E-state index in [0.717, 1.165) is 0 Å². The minimum Gasteiger partial charge on any atom is -0.481 e. The standard InChI is InChI=1S/C8H12O7.C4H10O3/c1-2-15-8(7(13)14,3-5(9)10)4-6(11)12;5-1-3-7-4-2-6/h2-4H2,1H3,(H,9,10)(H,11,12)(H,13,14);5-6H,1-4H2. The van der Waals surface area contributed by atoms with Crippen molar-refractivity contribution in [3.8, 4) is 0 Å². The number of rotatable bonds is 11. The molecule has 0 rings (SSSR count). The molecule has 0 heterocycles. The van der Waals surface area contributed by atoms with Crippen molar-refractivity contribution in [2.75, 3.05) is 33.0 Å². The van der Waals surface area contributed by atoms with Gasteiger partial charge in [-0.15, -0.1) is 0 Å². The van der Waals surface area contributed by atoms with Crippen molar-refractivity contribution in [1.82, 2.24) is 0 Å². The lowest BCUT2D eigenvalue weighted by atomic mass is 9.95. The van der Waals surface area contributed by atoms with Crippen LogP contribution in [-0.2, 0) is 23.9 Å². The normalized spacial score (nSPS) is 10.5. The fraction of sp³-hybridized carbons (Fsp3) is 0.750. The van der Waals surface area contributed by atoms with E-state index >= 15 is 0 Å². The first-order chi connectivity index (χ1) is 10.3. The second-order valence-corrected chi connectivity index (χ2v) is 3.93. The van der Waals surface area contributed by atoms with E-state index in [9.17, 15) is 14.4 Å². The Bertz CT molecular complexity index is 321. The lowest BCUT2D eigenvalue weighted by molar-refractivity contribution is -0.177. The van der Waals surface area contributed by atoms with Gasteiger partial charge in [0.05, 0.1) is 39.3 Å². The maximum Gasteiger partial charge on any atom is 0.337 e. The molecule has 0 atom stereocenters. The van der Waals surface area contributed by atoms with E-state index in [1.807, 2.05) is 0 Å². The van der Waals surface area contributed by atoms with Crippen LogP contribution < -0.4 is 0 Å². The number of carboxylic acids is 3. The maximum absolute atomic E-state index is 10.8. The maximum atomic E-state index is 10.8. The summed E-state index contributed by atoms with van der Waals surface area (Å²) in [5.41, 5.74) is -2.19. The molecule has 0 fully saturated rings. The van der Waals surface area contributed by atoms with E-state index in [1.165, 1.54) is 6.92 Å². The second kappa shape index (κ2) is 13.0. The summed E-state index contributed by atoms with van der Waals surface area (Å²) in [6.45, 7) is 2.08. The van der Waals surface area contributed by atoms with Crippen LogP contribution in [0.5, 0.6) is 0 Å². The topological polar surface area (TPSA) is 171 Å². The molecule has 0 amide bonds. The summed E-state index contributed by atoms with van der Waals surface area (Å²) in [4.78, 5) is 31.7. The van der Waals surface area contributed by atoms with Gasteiger partial charge in [0.15, 0.2) is 5.60 Å². The number of aliphatic carboxylic acids is 3. The van der Waals surface area contributed by atoms with Gasteiger partial charge in [0, 0.05) is 6.61 Å². The van der Waals surface area contributed by atoms with Crippen LogP contribution in [0.15, 0.2) is 0 Å². The van der Waals surface area contributed by atoms with E-state index in [1.54, 1.807) is 0 Å². The van der Waals surface area contributed by atoms with E-state index < -0.39 is 36.4 Å². The summed E-state index contributed by atoms with van der Waals surface area (Å²) >= 11 is 0. The highest BCUT2D eigenvalue weighted by Crippen LogP contribution is 2.21. The average molecular weight is 326 g/mol. The van der Waals surface area contributed by atoms with Crippen LogP contribution in [0.2, 0.25) is 0 Å². The SMILES string of the molecule is CCOC(CC(=O)O)(CC(=O)O)C(=O)O.OCCOCCO. The Labute approximate surface area is 126 Å². The van der Waals surface area contributed by atoms with Crippen LogP contribution in [0, 0.1) is 0 Å². The molecule has 130 valence electrons. The van der Waals surface area contributed by atoms with Crippen molar-refractivity contribution in [2.45, 2.75) is 25.4 Å². The quantitative estimate of drug-likeness (QED) is 0.290. The van der Waals surface area contributed by atoms with Crippen molar-refractivity contribution in [2.24, 2.45) is 0 Å². The number of hydrogen-bond acceptors (Lipinski definition) is 7. The molecule has 0 aliphatic heterocycles. The zero-order valence-corrected chi connectivity index (χ0v) is 12.2. The van der Waals surface area contributed by atoms with Gasteiger partial charge in [-0.2, -0.15) is 0 Å². The highest BCUT2D eigenvalue weighted by molar-refractivity contribution is 5.88. The van der Waals surface area contributed by atoms with Crippen LogP contribution in [0.25, 0.3) is 0 Å². The van der Waals surface area contributed by atoms with Crippen LogP contribution in [0.3, 0.4) is 0 Å². The molecule has 10 nitrogen and oxygen atoms in total. The second-order valence-electron chi connectivity index (χ2n) is 3.93. The summed E-state index contributed by atoms with van der Waals surface area (Å²) in [5, 5.41) is 42.0. The molecule has 0 spiro atoms. The van der Waals surface area contributed by atoms with E-state index in [4.69, 9.17) is 30.3 Å². The van der Waals surface area contributed by atoms with Gasteiger partial charge < -0.3 is 35.0 Å². The highest BCUT2D eigenvalue weighted by Gasteiger charge is 2.44. The molecule has 22 heavy (non-hydrogen) atoms. The molecule has 0 aliphatic carbocycles. The third kappa shape index (κ3) is 11.0. The Balaban J connectivity index is 0. The number of ether oxygens (including phenoxy) is 2. The smallest absolute Gasteiger partial charge is 0.337 e. The summed E-state index contributed by atoms with van der Waals surface area (Å²) in [5.74, 6) is -4.44. The molecule has 5 N–H and O–H groups in total. The minimum absolute atomic E-state index is 0.0278. The molecule has 0 saturated carbocycles. The molecular formula is C12H22O10. The molecule has 0 unspecified atom stereocenters. The first-order valence-electron chi connectivity index (χ1n) is 6.36.